The zero-order valence-electron chi connectivity index (χ0n) is 8.92. The molecule has 1 aromatic rings. The number of aryl methyl sites for hydroxylation is 1. The van der Waals surface area contributed by atoms with Crippen LogP contribution in [0.2, 0.25) is 5.15 Å². The molecule has 1 aromatic heterocycles. The number of thioether (sulfide) groups is 1. The molecular weight excluding hydrogens is 228 g/mol. The second-order valence-corrected chi connectivity index (χ2v) is 5.07. The van der Waals surface area contributed by atoms with Crippen molar-refractivity contribution in [3.8, 4) is 0 Å². The maximum absolute atomic E-state index is 6.20. The molecule has 0 saturated carbocycles. The Kier molecular flexibility index (Phi) is 3.87. The van der Waals surface area contributed by atoms with E-state index in [1.54, 1.807) is 11.8 Å². The van der Waals surface area contributed by atoms with Gasteiger partial charge in [0.15, 0.2) is 0 Å². The van der Waals surface area contributed by atoms with Crippen LogP contribution in [0, 0.1) is 0 Å². The molecule has 0 bridgehead atoms. The zero-order chi connectivity index (χ0) is 10.7. The lowest BCUT2D eigenvalue weighted by atomic mass is 10.1. The summed E-state index contributed by atoms with van der Waals surface area (Å²) in [6, 6.07) is 0. The van der Waals surface area contributed by atoms with Gasteiger partial charge < -0.3 is 0 Å². The number of aromatic nitrogens is 2. The largest absolute Gasteiger partial charge is 0.237 e. The van der Waals surface area contributed by atoms with Gasteiger partial charge in [-0.25, -0.2) is 9.97 Å². The Bertz CT molecular complexity index is 355. The fourth-order valence-electron chi connectivity index (χ4n) is 1.97. The fourth-order valence-corrected chi connectivity index (χ4v) is 2.66. The average Bonchev–Trinajstić information content (AvgIpc) is 2.43. The maximum atomic E-state index is 6.20. The summed E-state index contributed by atoms with van der Waals surface area (Å²) >= 11 is 7.93. The van der Waals surface area contributed by atoms with Crippen molar-refractivity contribution in [3.05, 3.63) is 22.2 Å². The van der Waals surface area contributed by atoms with Gasteiger partial charge in [0.1, 0.15) is 11.0 Å². The molecule has 15 heavy (non-hydrogen) atoms. The quantitative estimate of drug-likeness (QED) is 0.588. The number of nitrogens with zero attached hydrogens (tertiary/aromatic N) is 2. The highest BCUT2D eigenvalue weighted by Gasteiger charge is 2.15. The van der Waals surface area contributed by atoms with E-state index in [-0.39, 0.29) is 0 Å². The van der Waals surface area contributed by atoms with Gasteiger partial charge in [0, 0.05) is 11.3 Å². The normalized spacial score (nSPS) is 15.9. The van der Waals surface area contributed by atoms with Crippen LogP contribution in [0.25, 0.3) is 0 Å². The molecule has 0 fully saturated rings. The molecular formula is C11H15ClN2S. The highest BCUT2D eigenvalue weighted by molar-refractivity contribution is 7.97. The first kappa shape index (κ1) is 11.2. The molecule has 1 aliphatic carbocycles. The van der Waals surface area contributed by atoms with Gasteiger partial charge in [0.05, 0.1) is 5.75 Å². The number of halogens is 1. The minimum absolute atomic E-state index is 0.686. The SMILES string of the molecule is CSCc1nc(Cl)c2c(n1)CCCCC2. The monoisotopic (exact) mass is 242 g/mol. The Morgan fingerprint density at radius 1 is 1.20 bits per heavy atom. The summed E-state index contributed by atoms with van der Waals surface area (Å²) in [6.45, 7) is 0. The molecule has 0 N–H and O–H groups in total. The molecule has 0 unspecified atom stereocenters. The Morgan fingerprint density at radius 3 is 2.80 bits per heavy atom. The van der Waals surface area contributed by atoms with Crippen LogP contribution in [-0.2, 0) is 18.6 Å². The first-order valence-electron chi connectivity index (χ1n) is 5.34. The molecule has 0 atom stereocenters. The van der Waals surface area contributed by atoms with Crippen LogP contribution in [0.1, 0.15) is 36.3 Å². The average molecular weight is 243 g/mol. The lowest BCUT2D eigenvalue weighted by Gasteiger charge is -2.08. The predicted molar refractivity (Wildman–Crippen MR) is 65.5 cm³/mol. The van der Waals surface area contributed by atoms with Gasteiger partial charge in [-0.2, -0.15) is 11.8 Å². The Morgan fingerprint density at radius 2 is 2.00 bits per heavy atom. The van der Waals surface area contributed by atoms with Gasteiger partial charge >= 0.3 is 0 Å². The van der Waals surface area contributed by atoms with E-state index in [1.165, 1.54) is 30.5 Å². The van der Waals surface area contributed by atoms with Crippen molar-refractivity contribution in [1.29, 1.82) is 0 Å². The van der Waals surface area contributed by atoms with Crippen molar-refractivity contribution in [1.82, 2.24) is 9.97 Å². The Labute approximate surface area is 99.8 Å². The summed E-state index contributed by atoms with van der Waals surface area (Å²) in [5, 5.41) is 0.686. The lowest BCUT2D eigenvalue weighted by Crippen LogP contribution is -2.03. The van der Waals surface area contributed by atoms with Crippen molar-refractivity contribution < 1.29 is 0 Å². The summed E-state index contributed by atoms with van der Waals surface area (Å²) in [6.07, 6.45) is 7.91. The first-order valence-corrected chi connectivity index (χ1v) is 7.11. The molecule has 0 aromatic carbocycles. The summed E-state index contributed by atoms with van der Waals surface area (Å²) in [5.74, 6) is 1.74. The van der Waals surface area contributed by atoms with Gasteiger partial charge in [-0.3, -0.25) is 0 Å². The molecule has 0 radical (unpaired) electrons. The lowest BCUT2D eigenvalue weighted by molar-refractivity contribution is 0.708. The zero-order valence-corrected chi connectivity index (χ0v) is 10.5. The Balaban J connectivity index is 2.35. The van der Waals surface area contributed by atoms with Crippen molar-refractivity contribution in [2.24, 2.45) is 0 Å². The third-order valence-electron chi connectivity index (χ3n) is 2.70. The van der Waals surface area contributed by atoms with Crippen molar-refractivity contribution >= 4 is 23.4 Å². The summed E-state index contributed by atoms with van der Waals surface area (Å²) in [7, 11) is 0. The van der Waals surface area contributed by atoms with E-state index in [0.717, 1.165) is 24.4 Å². The molecule has 1 aliphatic rings. The standard InChI is InChI=1S/C11H15ClN2S/c1-15-7-10-13-9-6-4-2-3-5-8(9)11(12)14-10/h2-7H2,1H3. The van der Waals surface area contributed by atoms with E-state index in [2.05, 4.69) is 16.2 Å². The topological polar surface area (TPSA) is 25.8 Å². The third kappa shape index (κ3) is 2.64. The maximum Gasteiger partial charge on any atom is 0.140 e. The summed E-state index contributed by atoms with van der Waals surface area (Å²) in [4.78, 5) is 8.96. The van der Waals surface area contributed by atoms with Gasteiger partial charge in [-0.1, -0.05) is 18.0 Å². The molecule has 4 heteroatoms. The van der Waals surface area contributed by atoms with Crippen LogP contribution >= 0.6 is 23.4 Å². The summed E-state index contributed by atoms with van der Waals surface area (Å²) in [5.41, 5.74) is 2.38. The molecule has 0 saturated heterocycles. The fraction of sp³-hybridized carbons (Fsp3) is 0.636. The minimum Gasteiger partial charge on any atom is -0.237 e. The van der Waals surface area contributed by atoms with Crippen LogP contribution in [0.15, 0.2) is 0 Å². The van der Waals surface area contributed by atoms with Gasteiger partial charge in [-0.15, -0.1) is 0 Å². The molecule has 82 valence electrons. The van der Waals surface area contributed by atoms with Crippen LogP contribution < -0.4 is 0 Å². The van der Waals surface area contributed by atoms with Crippen molar-refractivity contribution in [2.45, 2.75) is 37.9 Å². The highest BCUT2D eigenvalue weighted by Crippen LogP contribution is 2.25. The van der Waals surface area contributed by atoms with Crippen LogP contribution in [0.4, 0.5) is 0 Å². The number of hydrogen-bond donors (Lipinski definition) is 0. The highest BCUT2D eigenvalue weighted by atomic mass is 35.5. The van der Waals surface area contributed by atoms with Gasteiger partial charge in [0.2, 0.25) is 0 Å². The molecule has 0 aliphatic heterocycles. The van der Waals surface area contributed by atoms with E-state index >= 15 is 0 Å². The van der Waals surface area contributed by atoms with E-state index < -0.39 is 0 Å². The van der Waals surface area contributed by atoms with E-state index in [0.29, 0.717) is 5.15 Å². The van der Waals surface area contributed by atoms with Gasteiger partial charge in [-0.05, 0) is 31.9 Å². The van der Waals surface area contributed by atoms with E-state index in [4.69, 9.17) is 11.6 Å². The van der Waals surface area contributed by atoms with Crippen molar-refractivity contribution in [3.63, 3.8) is 0 Å². The number of hydrogen-bond acceptors (Lipinski definition) is 3. The van der Waals surface area contributed by atoms with Gasteiger partial charge in [0.25, 0.3) is 0 Å². The molecule has 2 nitrogen and oxygen atoms in total. The van der Waals surface area contributed by atoms with E-state index in [1.807, 2.05) is 0 Å². The molecule has 0 spiro atoms. The third-order valence-corrected chi connectivity index (χ3v) is 3.56. The van der Waals surface area contributed by atoms with Crippen LogP contribution in [0.3, 0.4) is 0 Å². The first-order chi connectivity index (χ1) is 7.31. The second kappa shape index (κ2) is 5.17. The number of fused-ring (bicyclic) bond motifs is 1. The van der Waals surface area contributed by atoms with Crippen LogP contribution in [0.5, 0.6) is 0 Å². The second-order valence-electron chi connectivity index (χ2n) is 3.85. The number of rotatable bonds is 2. The molecule has 1 heterocycles. The molecule has 0 amide bonds. The summed E-state index contributed by atoms with van der Waals surface area (Å²) < 4.78 is 0. The predicted octanol–water partition coefficient (Wildman–Crippen LogP) is 3.26. The molecule has 2 rings (SSSR count). The smallest absolute Gasteiger partial charge is 0.140 e. The van der Waals surface area contributed by atoms with Crippen molar-refractivity contribution in [2.75, 3.05) is 6.26 Å². The Hall–Kier alpha value is -0.280. The van der Waals surface area contributed by atoms with Crippen LogP contribution in [-0.4, -0.2) is 16.2 Å². The minimum atomic E-state index is 0.686. The van der Waals surface area contributed by atoms with E-state index in [9.17, 15) is 0 Å².